The zero-order chi connectivity index (χ0) is 14.7. The molecule has 108 valence electrons. The molecule has 0 spiro atoms. The molecule has 1 aromatic rings. The van der Waals surface area contributed by atoms with Crippen molar-refractivity contribution in [3.05, 3.63) is 28.8 Å². The highest BCUT2D eigenvalue weighted by molar-refractivity contribution is 6.31. The van der Waals surface area contributed by atoms with Crippen molar-refractivity contribution in [1.82, 2.24) is 10.6 Å². The van der Waals surface area contributed by atoms with Crippen LogP contribution in [-0.2, 0) is 4.79 Å². The van der Waals surface area contributed by atoms with E-state index in [2.05, 4.69) is 10.6 Å². The molecule has 0 aliphatic carbocycles. The minimum Gasteiger partial charge on any atom is -0.366 e. The summed E-state index contributed by atoms with van der Waals surface area (Å²) in [5.41, 5.74) is 6.36. The molecule has 0 radical (unpaired) electrons. The minimum atomic E-state index is -0.536. The number of anilines is 1. The molecule has 1 heterocycles. The van der Waals surface area contributed by atoms with Gasteiger partial charge in [0, 0.05) is 31.7 Å². The van der Waals surface area contributed by atoms with E-state index in [4.69, 9.17) is 17.3 Å². The third-order valence-electron chi connectivity index (χ3n) is 3.33. The Morgan fingerprint density at radius 1 is 1.50 bits per heavy atom. The molecule has 2 rings (SSSR count). The van der Waals surface area contributed by atoms with Crippen LogP contribution in [0, 0.1) is 0 Å². The maximum atomic E-state index is 12.0. The van der Waals surface area contributed by atoms with Crippen molar-refractivity contribution in [1.29, 1.82) is 0 Å². The molecule has 1 fully saturated rings. The molecule has 1 aromatic carbocycles. The molecule has 0 saturated carbocycles. The molecule has 20 heavy (non-hydrogen) atoms. The van der Waals surface area contributed by atoms with Gasteiger partial charge in [0.1, 0.15) is 6.04 Å². The number of piperazine rings is 1. The van der Waals surface area contributed by atoms with E-state index in [0.29, 0.717) is 29.4 Å². The second kappa shape index (κ2) is 6.11. The molecular weight excluding hydrogens is 280 g/mol. The zero-order valence-corrected chi connectivity index (χ0v) is 11.9. The molecule has 1 aliphatic heterocycles. The lowest BCUT2D eigenvalue weighted by Gasteiger charge is -2.37. The molecule has 7 heteroatoms. The molecule has 1 atom stereocenters. The van der Waals surface area contributed by atoms with Gasteiger partial charge in [-0.15, -0.1) is 0 Å². The van der Waals surface area contributed by atoms with Crippen LogP contribution in [0.5, 0.6) is 0 Å². The molecular formula is C13H17ClN4O2. The number of nitrogens with zero attached hydrogens (tertiary/aromatic N) is 1. The van der Waals surface area contributed by atoms with Gasteiger partial charge in [-0.2, -0.15) is 0 Å². The van der Waals surface area contributed by atoms with E-state index in [9.17, 15) is 9.59 Å². The summed E-state index contributed by atoms with van der Waals surface area (Å²) in [6.07, 6.45) is 0. The maximum absolute atomic E-state index is 12.0. The topological polar surface area (TPSA) is 87.5 Å². The molecule has 1 unspecified atom stereocenters. The Hall–Kier alpha value is -1.79. The number of nitrogens with one attached hydrogen (secondary N) is 2. The average Bonchev–Trinajstić information content (AvgIpc) is 2.46. The number of nitrogens with two attached hydrogens (primary N) is 1. The lowest BCUT2D eigenvalue weighted by atomic mass is 10.1. The molecule has 0 aromatic heterocycles. The summed E-state index contributed by atoms with van der Waals surface area (Å²) >= 11 is 6.01. The van der Waals surface area contributed by atoms with Gasteiger partial charge in [0.25, 0.3) is 5.91 Å². The van der Waals surface area contributed by atoms with Crippen LogP contribution >= 0.6 is 11.6 Å². The van der Waals surface area contributed by atoms with Crippen LogP contribution in [-0.4, -0.2) is 44.5 Å². The van der Waals surface area contributed by atoms with E-state index in [0.717, 1.165) is 6.54 Å². The molecule has 0 bridgehead atoms. The lowest BCUT2D eigenvalue weighted by Crippen LogP contribution is -2.58. The third-order valence-corrected chi connectivity index (χ3v) is 3.56. The summed E-state index contributed by atoms with van der Waals surface area (Å²) in [5.74, 6) is -0.654. The molecule has 2 amide bonds. The summed E-state index contributed by atoms with van der Waals surface area (Å²) in [7, 11) is 1.59. The van der Waals surface area contributed by atoms with E-state index in [1.165, 1.54) is 0 Å². The average molecular weight is 297 g/mol. The first-order valence-electron chi connectivity index (χ1n) is 6.33. The number of benzene rings is 1. The van der Waals surface area contributed by atoms with Gasteiger partial charge in [-0.1, -0.05) is 11.6 Å². The second-order valence-electron chi connectivity index (χ2n) is 4.55. The maximum Gasteiger partial charge on any atom is 0.250 e. The van der Waals surface area contributed by atoms with Crippen LogP contribution in [0.15, 0.2) is 18.2 Å². The van der Waals surface area contributed by atoms with Gasteiger partial charge >= 0.3 is 0 Å². The Morgan fingerprint density at radius 2 is 2.25 bits per heavy atom. The standard InChI is InChI=1S/C13H17ClN4O2/c1-16-13(20)11-7-17-4-5-18(11)10-6-8(14)2-3-9(10)12(15)19/h2-3,6,11,17H,4-5,7H2,1H3,(H2,15,19)(H,16,20). The minimum absolute atomic E-state index is 0.118. The van der Waals surface area contributed by atoms with Crippen LogP contribution in [0.4, 0.5) is 5.69 Å². The summed E-state index contributed by atoms with van der Waals surface area (Å²) in [6.45, 7) is 1.82. The van der Waals surface area contributed by atoms with E-state index < -0.39 is 11.9 Å². The summed E-state index contributed by atoms with van der Waals surface area (Å²) < 4.78 is 0. The first kappa shape index (κ1) is 14.6. The molecule has 4 N–H and O–H groups in total. The summed E-state index contributed by atoms with van der Waals surface area (Å²) in [4.78, 5) is 25.4. The third kappa shape index (κ3) is 2.86. The van der Waals surface area contributed by atoms with Crippen LogP contribution in [0.3, 0.4) is 0 Å². The normalized spacial score (nSPS) is 18.7. The van der Waals surface area contributed by atoms with Crippen LogP contribution in [0.1, 0.15) is 10.4 Å². The monoisotopic (exact) mass is 296 g/mol. The number of primary amides is 1. The first-order chi connectivity index (χ1) is 9.54. The zero-order valence-electron chi connectivity index (χ0n) is 11.1. The highest BCUT2D eigenvalue weighted by Crippen LogP contribution is 2.27. The van der Waals surface area contributed by atoms with Crippen molar-refractivity contribution in [2.45, 2.75) is 6.04 Å². The number of carbonyl (C=O) groups is 2. The van der Waals surface area contributed by atoms with Gasteiger partial charge < -0.3 is 21.3 Å². The van der Waals surface area contributed by atoms with Crippen molar-refractivity contribution >= 4 is 29.1 Å². The van der Waals surface area contributed by atoms with Gasteiger partial charge in [-0.3, -0.25) is 9.59 Å². The number of amides is 2. The molecule has 1 saturated heterocycles. The van der Waals surface area contributed by atoms with E-state index in [-0.39, 0.29) is 5.91 Å². The Kier molecular flexibility index (Phi) is 4.46. The fourth-order valence-electron chi connectivity index (χ4n) is 2.34. The highest BCUT2D eigenvalue weighted by atomic mass is 35.5. The van der Waals surface area contributed by atoms with Crippen molar-refractivity contribution in [3.8, 4) is 0 Å². The van der Waals surface area contributed by atoms with Gasteiger partial charge in [0.15, 0.2) is 0 Å². The second-order valence-corrected chi connectivity index (χ2v) is 4.99. The Bertz CT molecular complexity index is 535. The predicted octanol–water partition coefficient (Wildman–Crippen LogP) is -0.0369. The Morgan fingerprint density at radius 3 is 2.90 bits per heavy atom. The first-order valence-corrected chi connectivity index (χ1v) is 6.70. The van der Waals surface area contributed by atoms with Crippen molar-refractivity contribution in [2.24, 2.45) is 5.73 Å². The van der Waals surface area contributed by atoms with E-state index in [1.54, 1.807) is 25.2 Å². The number of rotatable bonds is 3. The van der Waals surface area contributed by atoms with Gasteiger partial charge in [-0.05, 0) is 18.2 Å². The fourth-order valence-corrected chi connectivity index (χ4v) is 2.51. The number of carbonyl (C=O) groups excluding carboxylic acids is 2. The van der Waals surface area contributed by atoms with Gasteiger partial charge in [0.05, 0.1) is 11.3 Å². The molecule has 1 aliphatic rings. The van der Waals surface area contributed by atoms with Gasteiger partial charge in [-0.25, -0.2) is 0 Å². The number of likely N-dealkylation sites (N-methyl/N-ethyl adjacent to an activating group) is 1. The van der Waals surface area contributed by atoms with Gasteiger partial charge in [0.2, 0.25) is 5.91 Å². The lowest BCUT2D eigenvalue weighted by molar-refractivity contribution is -0.122. The molecule has 6 nitrogen and oxygen atoms in total. The number of hydrogen-bond donors (Lipinski definition) is 3. The predicted molar refractivity (Wildman–Crippen MR) is 78.0 cm³/mol. The smallest absolute Gasteiger partial charge is 0.250 e. The Balaban J connectivity index is 2.44. The van der Waals surface area contributed by atoms with Crippen LogP contribution < -0.4 is 21.3 Å². The van der Waals surface area contributed by atoms with Crippen molar-refractivity contribution in [2.75, 3.05) is 31.6 Å². The van der Waals surface area contributed by atoms with E-state index >= 15 is 0 Å². The van der Waals surface area contributed by atoms with E-state index in [1.807, 2.05) is 4.90 Å². The number of halogens is 1. The van der Waals surface area contributed by atoms with Crippen molar-refractivity contribution < 1.29 is 9.59 Å². The largest absolute Gasteiger partial charge is 0.366 e. The number of hydrogen-bond acceptors (Lipinski definition) is 4. The SMILES string of the molecule is CNC(=O)C1CNCCN1c1cc(Cl)ccc1C(N)=O. The fraction of sp³-hybridized carbons (Fsp3) is 0.385. The summed E-state index contributed by atoms with van der Waals surface area (Å²) in [5, 5.41) is 6.29. The van der Waals surface area contributed by atoms with Crippen molar-refractivity contribution in [3.63, 3.8) is 0 Å². The van der Waals surface area contributed by atoms with Crippen LogP contribution in [0.25, 0.3) is 0 Å². The quantitative estimate of drug-likeness (QED) is 0.730. The highest BCUT2D eigenvalue weighted by Gasteiger charge is 2.30. The Labute approximate surface area is 122 Å². The van der Waals surface area contributed by atoms with Crippen LogP contribution in [0.2, 0.25) is 5.02 Å². The summed E-state index contributed by atoms with van der Waals surface area (Å²) in [6, 6.07) is 4.47.